The number of carbonyl (C=O) groups excluding carboxylic acids is 2. The van der Waals surface area contributed by atoms with Gasteiger partial charge < -0.3 is 20.9 Å². The summed E-state index contributed by atoms with van der Waals surface area (Å²) in [6.07, 6.45) is 1.21. The van der Waals surface area contributed by atoms with Gasteiger partial charge in [-0.2, -0.15) is 0 Å². The Morgan fingerprint density at radius 1 is 0.667 bits per heavy atom. The molecule has 0 unspecified atom stereocenters. The summed E-state index contributed by atoms with van der Waals surface area (Å²) in [5.41, 5.74) is 13.2. The van der Waals surface area contributed by atoms with Gasteiger partial charge in [0.25, 0.3) is 0 Å². The number of esters is 2. The molecule has 0 atom stereocenters. The van der Waals surface area contributed by atoms with Crippen LogP contribution in [-0.2, 0) is 28.0 Å². The SMILES string of the molecule is C.C.Nc1ccc(C(=O)OCCCCOC(=O)c2ccc(N)cc2)cc1.[V]. The van der Waals surface area contributed by atoms with Crippen molar-refractivity contribution < 1.29 is 37.6 Å². The molecule has 0 aliphatic rings. The quantitative estimate of drug-likeness (QED) is 0.407. The fraction of sp³-hybridized carbons (Fsp3) is 0.300. The maximum absolute atomic E-state index is 11.8. The van der Waals surface area contributed by atoms with Crippen LogP contribution in [0, 0.1) is 0 Å². The Bertz CT molecular complexity index is 627. The van der Waals surface area contributed by atoms with Crippen molar-refractivity contribution in [2.75, 3.05) is 24.7 Å². The third-order valence-electron chi connectivity index (χ3n) is 3.30. The van der Waals surface area contributed by atoms with Crippen LogP contribution >= 0.6 is 0 Å². The minimum atomic E-state index is -0.395. The zero-order valence-corrected chi connectivity index (χ0v) is 15.1. The minimum Gasteiger partial charge on any atom is -0.462 e. The first-order valence-corrected chi connectivity index (χ1v) is 7.61. The molecular formula is C20H28N2O4V. The topological polar surface area (TPSA) is 105 Å². The van der Waals surface area contributed by atoms with Crippen molar-refractivity contribution in [3.8, 4) is 0 Å². The second-order valence-corrected chi connectivity index (χ2v) is 5.22. The molecule has 147 valence electrons. The van der Waals surface area contributed by atoms with Gasteiger partial charge in [-0.05, 0) is 61.4 Å². The van der Waals surface area contributed by atoms with Crippen LogP contribution in [0.2, 0.25) is 0 Å². The van der Waals surface area contributed by atoms with Crippen molar-refractivity contribution in [3.05, 3.63) is 59.7 Å². The molecule has 0 saturated heterocycles. The van der Waals surface area contributed by atoms with E-state index in [0.29, 0.717) is 35.3 Å². The van der Waals surface area contributed by atoms with Crippen molar-refractivity contribution in [2.45, 2.75) is 27.7 Å². The van der Waals surface area contributed by atoms with Crippen molar-refractivity contribution in [1.82, 2.24) is 0 Å². The largest absolute Gasteiger partial charge is 0.462 e. The summed E-state index contributed by atoms with van der Waals surface area (Å²) in [7, 11) is 0. The molecule has 0 spiro atoms. The minimum absolute atomic E-state index is 0. The molecule has 0 fully saturated rings. The van der Waals surface area contributed by atoms with Crippen LogP contribution in [0.5, 0.6) is 0 Å². The standard InChI is InChI=1S/C18H20N2O4.2CH4.V/c19-15-7-3-13(4-8-15)17(21)23-11-1-2-12-24-18(22)14-5-9-16(20)10-6-14;;;/h3-10H,1-2,11-12,19-20H2;2*1H4;. The van der Waals surface area contributed by atoms with Gasteiger partial charge in [-0.25, -0.2) is 9.59 Å². The first-order chi connectivity index (χ1) is 11.6. The average molecular weight is 411 g/mol. The number of anilines is 2. The number of benzene rings is 2. The van der Waals surface area contributed by atoms with E-state index >= 15 is 0 Å². The molecule has 1 radical (unpaired) electrons. The maximum Gasteiger partial charge on any atom is 0.338 e. The van der Waals surface area contributed by atoms with Gasteiger partial charge in [0.1, 0.15) is 0 Å². The zero-order chi connectivity index (χ0) is 17.4. The van der Waals surface area contributed by atoms with Gasteiger partial charge in [0.15, 0.2) is 0 Å². The molecule has 4 N–H and O–H groups in total. The van der Waals surface area contributed by atoms with E-state index in [1.54, 1.807) is 48.5 Å². The number of unbranched alkanes of at least 4 members (excludes halogenated alkanes) is 1. The van der Waals surface area contributed by atoms with E-state index in [1.165, 1.54) is 0 Å². The molecule has 2 aromatic rings. The maximum atomic E-state index is 11.8. The van der Waals surface area contributed by atoms with E-state index in [0.717, 1.165) is 0 Å². The number of nitrogens with two attached hydrogens (primary N) is 2. The molecular weight excluding hydrogens is 383 g/mol. The Balaban J connectivity index is 0. The van der Waals surface area contributed by atoms with Gasteiger partial charge in [-0.1, -0.05) is 14.9 Å². The smallest absolute Gasteiger partial charge is 0.338 e. The normalized spacial score (nSPS) is 9.04. The second-order valence-electron chi connectivity index (χ2n) is 5.22. The van der Waals surface area contributed by atoms with Gasteiger partial charge in [-0.3, -0.25) is 0 Å². The molecule has 0 aliphatic heterocycles. The van der Waals surface area contributed by atoms with Crippen LogP contribution in [0.15, 0.2) is 48.5 Å². The van der Waals surface area contributed by atoms with E-state index in [2.05, 4.69) is 0 Å². The van der Waals surface area contributed by atoms with Crippen LogP contribution in [-0.4, -0.2) is 25.2 Å². The third-order valence-corrected chi connectivity index (χ3v) is 3.30. The van der Waals surface area contributed by atoms with Crippen LogP contribution in [0.25, 0.3) is 0 Å². The number of ether oxygens (including phenoxy) is 2. The summed E-state index contributed by atoms with van der Waals surface area (Å²) in [4.78, 5) is 23.5. The van der Waals surface area contributed by atoms with E-state index in [1.807, 2.05) is 0 Å². The van der Waals surface area contributed by atoms with Crippen LogP contribution < -0.4 is 11.5 Å². The van der Waals surface area contributed by atoms with Crippen molar-refractivity contribution in [2.24, 2.45) is 0 Å². The summed E-state index contributed by atoms with van der Waals surface area (Å²) >= 11 is 0. The molecule has 2 aromatic carbocycles. The number of hydrogen-bond donors (Lipinski definition) is 2. The molecule has 2 rings (SSSR count). The average Bonchev–Trinajstić information content (AvgIpc) is 2.58. The van der Waals surface area contributed by atoms with Gasteiger partial charge in [0, 0.05) is 29.9 Å². The van der Waals surface area contributed by atoms with Gasteiger partial charge in [0.2, 0.25) is 0 Å². The molecule has 0 bridgehead atoms. The van der Waals surface area contributed by atoms with E-state index < -0.39 is 11.9 Å². The molecule has 27 heavy (non-hydrogen) atoms. The predicted molar refractivity (Wildman–Crippen MR) is 105 cm³/mol. The third kappa shape index (κ3) is 9.17. The van der Waals surface area contributed by atoms with Gasteiger partial charge >= 0.3 is 11.9 Å². The monoisotopic (exact) mass is 411 g/mol. The number of nitrogen functional groups attached to an aromatic ring is 2. The number of carbonyl (C=O) groups is 2. The molecule has 0 amide bonds. The number of hydrogen-bond acceptors (Lipinski definition) is 6. The summed E-state index contributed by atoms with van der Waals surface area (Å²) in [6.45, 7) is 0.533. The molecule has 0 aliphatic carbocycles. The van der Waals surface area contributed by atoms with Crippen molar-refractivity contribution in [3.63, 3.8) is 0 Å². The molecule has 6 nitrogen and oxygen atoms in total. The van der Waals surface area contributed by atoms with Crippen molar-refractivity contribution in [1.29, 1.82) is 0 Å². The van der Waals surface area contributed by atoms with E-state index in [9.17, 15) is 9.59 Å². The van der Waals surface area contributed by atoms with Crippen LogP contribution in [0.1, 0.15) is 48.4 Å². The summed E-state index contributed by atoms with van der Waals surface area (Å²) in [5, 5.41) is 0. The first kappa shape index (κ1) is 26.8. The summed E-state index contributed by atoms with van der Waals surface area (Å²) in [6, 6.07) is 13.1. The van der Waals surface area contributed by atoms with Crippen LogP contribution in [0.4, 0.5) is 11.4 Å². The van der Waals surface area contributed by atoms with Crippen molar-refractivity contribution >= 4 is 23.3 Å². The Morgan fingerprint density at radius 3 is 1.26 bits per heavy atom. The van der Waals surface area contributed by atoms with Gasteiger partial charge in [0.05, 0.1) is 24.3 Å². The Morgan fingerprint density at radius 2 is 0.963 bits per heavy atom. The predicted octanol–water partition coefficient (Wildman–Crippen LogP) is 3.91. The summed E-state index contributed by atoms with van der Waals surface area (Å²) < 4.78 is 10.3. The van der Waals surface area contributed by atoms with E-state index in [4.69, 9.17) is 20.9 Å². The first-order valence-electron chi connectivity index (χ1n) is 7.61. The zero-order valence-electron chi connectivity index (χ0n) is 13.7. The second kappa shape index (κ2) is 13.7. The molecule has 0 aromatic heterocycles. The Hall–Kier alpha value is -2.44. The molecule has 0 saturated carbocycles. The van der Waals surface area contributed by atoms with Crippen LogP contribution in [0.3, 0.4) is 0 Å². The number of rotatable bonds is 7. The molecule has 7 heteroatoms. The fourth-order valence-corrected chi connectivity index (χ4v) is 1.94. The van der Waals surface area contributed by atoms with E-state index in [-0.39, 0.29) is 46.6 Å². The Kier molecular flexibility index (Phi) is 13.6. The Labute approximate surface area is 173 Å². The fourth-order valence-electron chi connectivity index (χ4n) is 1.94. The van der Waals surface area contributed by atoms with Gasteiger partial charge in [-0.15, -0.1) is 0 Å². The summed E-state index contributed by atoms with van der Waals surface area (Å²) in [5.74, 6) is -0.789. The molecule has 0 heterocycles.